The molecule has 1 N–H and O–H groups in total. The number of hydrogen-bond acceptors (Lipinski definition) is 5. The van der Waals surface area contributed by atoms with Crippen molar-refractivity contribution < 1.29 is 18.0 Å². The van der Waals surface area contributed by atoms with E-state index in [-0.39, 0.29) is 17.9 Å². The van der Waals surface area contributed by atoms with Gasteiger partial charge >= 0.3 is 6.18 Å². The number of likely N-dealkylation sites (tertiary alicyclic amines) is 1. The van der Waals surface area contributed by atoms with Gasteiger partial charge in [-0.1, -0.05) is 18.5 Å². The van der Waals surface area contributed by atoms with E-state index in [0.29, 0.717) is 25.3 Å². The minimum atomic E-state index is -4.44. The molecule has 0 saturated carbocycles. The van der Waals surface area contributed by atoms with Crippen molar-refractivity contribution >= 4 is 28.9 Å². The molecule has 190 valence electrons. The van der Waals surface area contributed by atoms with Crippen LogP contribution in [0.3, 0.4) is 0 Å². The molecule has 2 saturated heterocycles. The summed E-state index contributed by atoms with van der Waals surface area (Å²) < 4.78 is 39.0. The summed E-state index contributed by atoms with van der Waals surface area (Å²) in [6.07, 6.45) is -0.626. The van der Waals surface area contributed by atoms with Crippen LogP contribution in [0.4, 0.5) is 24.5 Å². The van der Waals surface area contributed by atoms with Crippen molar-refractivity contribution in [3.8, 4) is 0 Å². The second kappa shape index (κ2) is 11.0. The number of piperazine rings is 1. The molecule has 2 aliphatic heterocycles. The predicted octanol–water partition coefficient (Wildman–Crippen LogP) is 4.62. The SMILES string of the molecule is CC(CN1CCN(c2ccc(Cl)cc2)CC1)C(=O)N1CCC[C@H](Nc2cncc(C(F)(F)F)c2)C1. The third kappa shape index (κ3) is 6.79. The number of aromatic nitrogens is 1. The number of nitrogens with zero attached hydrogens (tertiary/aromatic N) is 4. The van der Waals surface area contributed by atoms with E-state index >= 15 is 0 Å². The van der Waals surface area contributed by atoms with Crippen molar-refractivity contribution in [2.75, 3.05) is 56.0 Å². The fourth-order valence-corrected chi connectivity index (χ4v) is 4.95. The first kappa shape index (κ1) is 25.6. The number of rotatable bonds is 6. The Balaban J connectivity index is 1.26. The molecule has 4 rings (SSSR count). The molecule has 35 heavy (non-hydrogen) atoms. The molecule has 2 atom stereocenters. The lowest BCUT2D eigenvalue weighted by molar-refractivity contribution is -0.138. The van der Waals surface area contributed by atoms with Gasteiger partial charge in [-0.25, -0.2) is 0 Å². The lowest BCUT2D eigenvalue weighted by Gasteiger charge is -2.39. The average molecular weight is 510 g/mol. The first-order valence-corrected chi connectivity index (χ1v) is 12.4. The Bertz CT molecular complexity index is 995. The molecule has 1 aromatic carbocycles. The zero-order valence-electron chi connectivity index (χ0n) is 19.8. The van der Waals surface area contributed by atoms with Gasteiger partial charge in [0.2, 0.25) is 5.91 Å². The molecule has 10 heteroatoms. The molecule has 3 heterocycles. The van der Waals surface area contributed by atoms with Crippen molar-refractivity contribution in [1.29, 1.82) is 0 Å². The summed E-state index contributed by atoms with van der Waals surface area (Å²) in [6.45, 7) is 7.35. The molecule has 0 radical (unpaired) electrons. The third-order valence-electron chi connectivity index (χ3n) is 6.69. The van der Waals surface area contributed by atoms with Gasteiger partial charge in [-0.2, -0.15) is 13.2 Å². The number of pyridine rings is 1. The largest absolute Gasteiger partial charge is 0.417 e. The zero-order valence-corrected chi connectivity index (χ0v) is 20.5. The molecule has 2 aliphatic rings. The van der Waals surface area contributed by atoms with Gasteiger partial charge in [0.15, 0.2) is 0 Å². The Morgan fingerprint density at radius 3 is 2.54 bits per heavy atom. The Morgan fingerprint density at radius 2 is 1.86 bits per heavy atom. The standard InChI is InChI=1S/C25H31ClF3N5O/c1-18(16-32-9-11-33(12-10-32)23-6-4-20(26)5-7-23)24(35)34-8-2-3-21(17-34)31-22-13-19(14-30-15-22)25(27,28)29/h4-7,13-15,18,21,31H,2-3,8-12,16-17H2,1H3/t18?,21-/m0/s1. The zero-order chi connectivity index (χ0) is 25.0. The summed E-state index contributed by atoms with van der Waals surface area (Å²) in [5.41, 5.74) is 0.697. The minimum absolute atomic E-state index is 0.0961. The first-order chi connectivity index (χ1) is 16.7. The number of halogens is 4. The van der Waals surface area contributed by atoms with Gasteiger partial charge in [0.25, 0.3) is 0 Å². The summed E-state index contributed by atoms with van der Waals surface area (Å²) in [5.74, 6) is -0.0511. The first-order valence-electron chi connectivity index (χ1n) is 12.0. The number of carbonyl (C=O) groups excluding carboxylic acids is 1. The molecule has 0 bridgehead atoms. The molecule has 0 aliphatic carbocycles. The molecule has 1 amide bonds. The van der Waals surface area contributed by atoms with E-state index in [4.69, 9.17) is 11.6 Å². The summed E-state index contributed by atoms with van der Waals surface area (Å²) in [7, 11) is 0. The molecule has 0 spiro atoms. The molecule has 2 fully saturated rings. The van der Waals surface area contributed by atoms with Gasteiger partial charge in [0, 0.05) is 80.9 Å². The van der Waals surface area contributed by atoms with Crippen molar-refractivity contribution in [3.63, 3.8) is 0 Å². The lowest BCUT2D eigenvalue weighted by atomic mass is 10.0. The van der Waals surface area contributed by atoms with Crippen LogP contribution in [0.1, 0.15) is 25.3 Å². The van der Waals surface area contributed by atoms with Crippen molar-refractivity contribution in [3.05, 3.63) is 53.3 Å². The normalized spacial score (nSPS) is 20.5. The van der Waals surface area contributed by atoms with E-state index in [0.717, 1.165) is 62.0 Å². The Hall–Kier alpha value is -2.52. The number of benzene rings is 1. The van der Waals surface area contributed by atoms with E-state index < -0.39 is 11.7 Å². The Labute approximate surface area is 209 Å². The van der Waals surface area contributed by atoms with Crippen LogP contribution in [-0.2, 0) is 11.0 Å². The van der Waals surface area contributed by atoms with Crippen molar-refractivity contribution in [2.24, 2.45) is 5.92 Å². The Morgan fingerprint density at radius 1 is 1.14 bits per heavy atom. The number of alkyl halides is 3. The molecular formula is C25H31ClF3N5O. The highest BCUT2D eigenvalue weighted by Gasteiger charge is 2.32. The van der Waals surface area contributed by atoms with Gasteiger partial charge in [-0.3, -0.25) is 14.7 Å². The van der Waals surface area contributed by atoms with Gasteiger partial charge in [-0.15, -0.1) is 0 Å². The highest BCUT2D eigenvalue weighted by Crippen LogP contribution is 2.30. The maximum atomic E-state index is 13.2. The highest BCUT2D eigenvalue weighted by molar-refractivity contribution is 6.30. The smallest absolute Gasteiger partial charge is 0.379 e. The fourth-order valence-electron chi connectivity index (χ4n) is 4.82. The van der Waals surface area contributed by atoms with Crippen molar-refractivity contribution in [1.82, 2.24) is 14.8 Å². The van der Waals surface area contributed by atoms with Crippen LogP contribution >= 0.6 is 11.6 Å². The highest BCUT2D eigenvalue weighted by atomic mass is 35.5. The number of nitrogens with one attached hydrogen (secondary N) is 1. The average Bonchev–Trinajstić information content (AvgIpc) is 2.84. The summed E-state index contributed by atoms with van der Waals surface area (Å²) in [4.78, 5) is 23.4. The van der Waals surface area contributed by atoms with Crippen LogP contribution < -0.4 is 10.2 Å². The maximum absolute atomic E-state index is 13.2. The van der Waals surface area contributed by atoms with Crippen LogP contribution in [-0.4, -0.2) is 72.5 Å². The topological polar surface area (TPSA) is 51.7 Å². The summed E-state index contributed by atoms with van der Waals surface area (Å²) >= 11 is 5.99. The second-order valence-corrected chi connectivity index (χ2v) is 9.83. The van der Waals surface area contributed by atoms with E-state index in [1.165, 1.54) is 6.20 Å². The van der Waals surface area contributed by atoms with E-state index in [9.17, 15) is 18.0 Å². The number of hydrogen-bond donors (Lipinski definition) is 1. The van der Waals surface area contributed by atoms with E-state index in [2.05, 4.69) is 20.1 Å². The molecule has 1 aromatic heterocycles. The minimum Gasteiger partial charge on any atom is -0.379 e. The summed E-state index contributed by atoms with van der Waals surface area (Å²) in [6, 6.07) is 8.82. The van der Waals surface area contributed by atoms with Gasteiger partial charge in [-0.05, 0) is 43.2 Å². The molecule has 2 aromatic rings. The van der Waals surface area contributed by atoms with Gasteiger partial charge in [0.1, 0.15) is 0 Å². The predicted molar refractivity (Wildman–Crippen MR) is 132 cm³/mol. The van der Waals surface area contributed by atoms with E-state index in [1.807, 2.05) is 36.1 Å². The maximum Gasteiger partial charge on any atom is 0.417 e. The number of piperidine rings is 1. The molecule has 6 nitrogen and oxygen atoms in total. The van der Waals surface area contributed by atoms with E-state index in [1.54, 1.807) is 0 Å². The number of anilines is 2. The number of carbonyl (C=O) groups is 1. The second-order valence-electron chi connectivity index (χ2n) is 9.39. The number of amides is 1. The van der Waals surface area contributed by atoms with Crippen molar-refractivity contribution in [2.45, 2.75) is 32.0 Å². The third-order valence-corrected chi connectivity index (χ3v) is 6.94. The van der Waals surface area contributed by atoms with Crippen LogP contribution in [0.2, 0.25) is 5.02 Å². The van der Waals surface area contributed by atoms with Crippen LogP contribution in [0.15, 0.2) is 42.7 Å². The van der Waals surface area contributed by atoms with Crippen LogP contribution in [0, 0.1) is 5.92 Å². The monoisotopic (exact) mass is 509 g/mol. The quantitative estimate of drug-likeness (QED) is 0.616. The van der Waals surface area contributed by atoms with Crippen LogP contribution in [0.25, 0.3) is 0 Å². The van der Waals surface area contributed by atoms with Gasteiger partial charge < -0.3 is 15.1 Å². The molecule has 1 unspecified atom stereocenters. The molecular weight excluding hydrogens is 479 g/mol. The van der Waals surface area contributed by atoms with Gasteiger partial charge in [0.05, 0.1) is 11.3 Å². The Kier molecular flexibility index (Phi) is 8.06. The summed E-state index contributed by atoms with van der Waals surface area (Å²) in [5, 5.41) is 3.87. The lowest BCUT2D eigenvalue weighted by Crippen LogP contribution is -2.51. The fraction of sp³-hybridized carbons (Fsp3) is 0.520. The van der Waals surface area contributed by atoms with Crippen LogP contribution in [0.5, 0.6) is 0 Å².